The van der Waals surface area contributed by atoms with E-state index in [0.717, 1.165) is 10.5 Å². The van der Waals surface area contributed by atoms with Gasteiger partial charge in [0.15, 0.2) is 6.54 Å². The van der Waals surface area contributed by atoms with Crippen LogP contribution in [0, 0.1) is 6.92 Å². The van der Waals surface area contributed by atoms with Gasteiger partial charge in [0.2, 0.25) is 10.0 Å². The lowest BCUT2D eigenvalue weighted by molar-refractivity contribution is -0.895. The van der Waals surface area contributed by atoms with Gasteiger partial charge in [0.1, 0.15) is 0 Å². The molecule has 2 aromatic rings. The van der Waals surface area contributed by atoms with E-state index in [1.54, 1.807) is 42.5 Å². The number of aryl methyl sites for hydroxylation is 1. The van der Waals surface area contributed by atoms with Crippen LogP contribution in [0.5, 0.6) is 5.75 Å². The number of benzene rings is 2. The molecule has 1 aliphatic heterocycles. The fourth-order valence-electron chi connectivity index (χ4n) is 3.11. The summed E-state index contributed by atoms with van der Waals surface area (Å²) in [5.74, 6) is -0.448. The van der Waals surface area contributed by atoms with Crippen LogP contribution in [0.3, 0.4) is 0 Å². The third-order valence-corrected chi connectivity index (χ3v) is 6.72. The van der Waals surface area contributed by atoms with E-state index in [1.165, 1.54) is 16.6 Å². The van der Waals surface area contributed by atoms with Crippen LogP contribution in [-0.4, -0.2) is 57.6 Å². The van der Waals surface area contributed by atoms with Crippen molar-refractivity contribution in [3.63, 3.8) is 0 Å². The highest BCUT2D eigenvalue weighted by atomic mass is 32.2. The van der Waals surface area contributed by atoms with Crippen LogP contribution in [0.2, 0.25) is 0 Å². The molecule has 154 valence electrons. The Labute approximate surface area is 170 Å². The van der Waals surface area contributed by atoms with Crippen LogP contribution in [-0.2, 0) is 14.8 Å². The molecule has 0 atom stereocenters. The third-order valence-electron chi connectivity index (χ3n) is 4.81. The average Bonchev–Trinajstić information content (AvgIpc) is 2.70. The van der Waals surface area contributed by atoms with Gasteiger partial charge in [0, 0.05) is 0 Å². The smallest absolute Gasteiger partial charge is 0.295 e. The average molecular weight is 417 g/mol. The van der Waals surface area contributed by atoms with Crippen molar-refractivity contribution < 1.29 is 23.2 Å². The summed E-state index contributed by atoms with van der Waals surface area (Å²) in [6.07, 6.45) is 1.32. The zero-order valence-corrected chi connectivity index (χ0v) is 17.0. The quantitative estimate of drug-likeness (QED) is 0.471. The molecule has 1 amide bonds. The minimum absolute atomic E-state index is 0.165. The number of hydrogen-bond acceptors (Lipinski definition) is 5. The number of nitrogens with zero attached hydrogens (tertiary/aromatic N) is 2. The highest BCUT2D eigenvalue weighted by Crippen LogP contribution is 2.16. The fraction of sp³-hybridized carbons (Fsp3) is 0.300. The van der Waals surface area contributed by atoms with Crippen LogP contribution in [0.1, 0.15) is 11.1 Å². The first-order valence-corrected chi connectivity index (χ1v) is 10.8. The molecule has 2 N–H and O–H groups in total. The van der Waals surface area contributed by atoms with Gasteiger partial charge in [-0.15, -0.1) is 0 Å². The molecule has 0 aliphatic carbocycles. The Morgan fingerprint density at radius 1 is 1.17 bits per heavy atom. The number of rotatable bonds is 6. The molecule has 0 aromatic heterocycles. The number of para-hydroxylation sites is 1. The molecule has 3 rings (SSSR count). The Balaban J connectivity index is 1.48. The molecule has 0 saturated carbocycles. The molecular weight excluding hydrogens is 392 g/mol. The lowest BCUT2D eigenvalue weighted by Gasteiger charge is -2.31. The number of carbonyl (C=O) groups is 1. The predicted octanol–water partition coefficient (Wildman–Crippen LogP) is -0.892. The SMILES string of the molecule is Cc1ccc(S(=O)(=O)N2CC[NH+](CC(=O)NN=Cc3ccccc3[O-])CC2)cc1. The molecule has 1 fully saturated rings. The first-order chi connectivity index (χ1) is 13.9. The Morgan fingerprint density at radius 3 is 2.48 bits per heavy atom. The van der Waals surface area contributed by atoms with Crippen molar-refractivity contribution in [2.45, 2.75) is 11.8 Å². The van der Waals surface area contributed by atoms with E-state index in [4.69, 9.17) is 0 Å². The number of piperazine rings is 1. The van der Waals surface area contributed by atoms with Crippen LogP contribution >= 0.6 is 0 Å². The maximum atomic E-state index is 12.7. The van der Waals surface area contributed by atoms with Crippen molar-refractivity contribution in [3.05, 3.63) is 59.7 Å². The van der Waals surface area contributed by atoms with Crippen molar-refractivity contribution in [1.29, 1.82) is 0 Å². The summed E-state index contributed by atoms with van der Waals surface area (Å²) in [7, 11) is -3.51. The van der Waals surface area contributed by atoms with E-state index in [1.807, 2.05) is 6.92 Å². The lowest BCUT2D eigenvalue weighted by Crippen LogP contribution is -3.15. The maximum absolute atomic E-state index is 12.7. The van der Waals surface area contributed by atoms with Crippen molar-refractivity contribution >= 4 is 22.1 Å². The third kappa shape index (κ3) is 5.41. The van der Waals surface area contributed by atoms with Crippen molar-refractivity contribution in [2.24, 2.45) is 5.10 Å². The molecule has 8 nitrogen and oxygen atoms in total. The Bertz CT molecular complexity index is 982. The number of quaternary nitrogens is 1. The van der Waals surface area contributed by atoms with E-state index in [-0.39, 0.29) is 23.1 Å². The lowest BCUT2D eigenvalue weighted by atomic mass is 10.2. The molecule has 9 heteroatoms. The largest absolute Gasteiger partial charge is 0.872 e. The highest BCUT2D eigenvalue weighted by molar-refractivity contribution is 7.89. The minimum atomic E-state index is -3.51. The van der Waals surface area contributed by atoms with Crippen LogP contribution < -0.4 is 15.4 Å². The van der Waals surface area contributed by atoms with E-state index < -0.39 is 10.0 Å². The summed E-state index contributed by atoms with van der Waals surface area (Å²) in [5, 5.41) is 15.4. The zero-order valence-electron chi connectivity index (χ0n) is 16.2. The normalized spacial score (nSPS) is 16.2. The van der Waals surface area contributed by atoms with E-state index in [2.05, 4.69) is 10.5 Å². The summed E-state index contributed by atoms with van der Waals surface area (Å²) >= 11 is 0. The Hall–Kier alpha value is -2.75. The maximum Gasteiger partial charge on any atom is 0.295 e. The number of nitrogens with one attached hydrogen (secondary N) is 2. The Kier molecular flexibility index (Phi) is 6.63. The molecule has 0 unspecified atom stereocenters. The van der Waals surface area contributed by atoms with E-state index in [0.29, 0.717) is 31.7 Å². The van der Waals surface area contributed by atoms with Gasteiger partial charge in [-0.25, -0.2) is 13.8 Å². The summed E-state index contributed by atoms with van der Waals surface area (Å²) in [6, 6.07) is 13.2. The summed E-state index contributed by atoms with van der Waals surface area (Å²) in [5.41, 5.74) is 3.82. The van der Waals surface area contributed by atoms with Gasteiger partial charge >= 0.3 is 0 Å². The summed E-state index contributed by atoms with van der Waals surface area (Å²) in [4.78, 5) is 13.3. The van der Waals surface area contributed by atoms with Gasteiger partial charge in [-0.3, -0.25) is 4.79 Å². The zero-order chi connectivity index (χ0) is 20.9. The van der Waals surface area contributed by atoms with Gasteiger partial charge < -0.3 is 10.0 Å². The van der Waals surface area contributed by atoms with Crippen molar-refractivity contribution in [2.75, 3.05) is 32.7 Å². The fourth-order valence-corrected chi connectivity index (χ4v) is 4.55. The van der Waals surface area contributed by atoms with Gasteiger partial charge in [0.25, 0.3) is 5.91 Å². The standard InChI is InChI=1S/C20H24N4O4S/c1-16-6-8-18(9-7-16)29(27,28)24-12-10-23(11-13-24)15-20(26)22-21-14-17-4-2-3-5-19(17)25/h2-9,14,25H,10-13,15H2,1H3,(H,22,26). The molecule has 0 bridgehead atoms. The monoisotopic (exact) mass is 416 g/mol. The van der Waals surface area contributed by atoms with Crippen LogP contribution in [0.4, 0.5) is 0 Å². The molecule has 29 heavy (non-hydrogen) atoms. The molecule has 1 saturated heterocycles. The molecule has 0 radical (unpaired) electrons. The summed E-state index contributed by atoms with van der Waals surface area (Å²) < 4.78 is 26.9. The van der Waals surface area contributed by atoms with Crippen molar-refractivity contribution in [3.8, 4) is 5.75 Å². The molecule has 1 aliphatic rings. The van der Waals surface area contributed by atoms with E-state index in [9.17, 15) is 18.3 Å². The molecular formula is C20H24N4O4S. The van der Waals surface area contributed by atoms with Gasteiger partial charge in [0.05, 0.1) is 37.3 Å². The van der Waals surface area contributed by atoms with Gasteiger partial charge in [-0.2, -0.15) is 9.41 Å². The topological polar surface area (TPSA) is 106 Å². The number of hydrogen-bond donors (Lipinski definition) is 2. The van der Waals surface area contributed by atoms with Crippen LogP contribution in [0.25, 0.3) is 0 Å². The highest BCUT2D eigenvalue weighted by Gasteiger charge is 2.31. The van der Waals surface area contributed by atoms with Crippen LogP contribution in [0.15, 0.2) is 58.5 Å². The second-order valence-electron chi connectivity index (χ2n) is 6.97. The summed E-state index contributed by atoms with van der Waals surface area (Å²) in [6.45, 7) is 3.87. The molecule has 1 heterocycles. The number of sulfonamides is 1. The first kappa shape index (κ1) is 21.0. The number of hydrazone groups is 1. The Morgan fingerprint density at radius 2 is 1.83 bits per heavy atom. The number of amides is 1. The second kappa shape index (κ2) is 9.17. The predicted molar refractivity (Wildman–Crippen MR) is 107 cm³/mol. The minimum Gasteiger partial charge on any atom is -0.872 e. The van der Waals surface area contributed by atoms with E-state index >= 15 is 0 Å². The van der Waals surface area contributed by atoms with Gasteiger partial charge in [-0.05, 0) is 24.6 Å². The van der Waals surface area contributed by atoms with Crippen molar-refractivity contribution in [1.82, 2.24) is 9.73 Å². The molecule has 0 spiro atoms. The second-order valence-corrected chi connectivity index (χ2v) is 8.91. The first-order valence-electron chi connectivity index (χ1n) is 9.34. The van der Waals surface area contributed by atoms with Gasteiger partial charge in [-0.1, -0.05) is 47.7 Å². The molecule has 2 aromatic carbocycles. The number of carbonyl (C=O) groups excluding carboxylic acids is 1.